The monoisotopic (exact) mass is 391 g/mol. The molecule has 1 aliphatic heterocycles. The SMILES string of the molecule is Cn1nnnc1-c1cccc(NCC(=O)Nc2ccc(N3CCCCC3)cc2)c1. The molecule has 0 unspecified atom stereocenters. The molecule has 8 nitrogen and oxygen atoms in total. The Labute approximate surface area is 169 Å². The summed E-state index contributed by atoms with van der Waals surface area (Å²) >= 11 is 0. The first-order chi connectivity index (χ1) is 14.2. The van der Waals surface area contributed by atoms with Crippen molar-refractivity contribution in [3.8, 4) is 11.4 Å². The van der Waals surface area contributed by atoms with E-state index < -0.39 is 0 Å². The van der Waals surface area contributed by atoms with Crippen LogP contribution in [0.5, 0.6) is 0 Å². The maximum atomic E-state index is 12.3. The summed E-state index contributed by atoms with van der Waals surface area (Å²) < 4.78 is 1.61. The van der Waals surface area contributed by atoms with Crippen LogP contribution in [0.3, 0.4) is 0 Å². The van der Waals surface area contributed by atoms with Crippen molar-refractivity contribution in [2.24, 2.45) is 7.05 Å². The molecule has 3 aromatic rings. The Balaban J connectivity index is 1.31. The average molecular weight is 391 g/mol. The van der Waals surface area contributed by atoms with E-state index in [1.807, 2.05) is 36.4 Å². The lowest BCUT2D eigenvalue weighted by atomic mass is 10.1. The first-order valence-electron chi connectivity index (χ1n) is 9.90. The van der Waals surface area contributed by atoms with Gasteiger partial charge in [0.1, 0.15) is 0 Å². The van der Waals surface area contributed by atoms with Crippen LogP contribution < -0.4 is 15.5 Å². The molecule has 0 aliphatic carbocycles. The summed E-state index contributed by atoms with van der Waals surface area (Å²) in [5.74, 6) is 0.577. The maximum Gasteiger partial charge on any atom is 0.243 e. The molecule has 0 atom stereocenters. The number of nitrogens with one attached hydrogen (secondary N) is 2. The second kappa shape index (κ2) is 8.72. The summed E-state index contributed by atoms with van der Waals surface area (Å²) in [6, 6.07) is 15.7. The highest BCUT2D eigenvalue weighted by molar-refractivity contribution is 5.94. The van der Waals surface area contributed by atoms with Gasteiger partial charge in [-0.25, -0.2) is 4.68 Å². The minimum atomic E-state index is -0.0959. The van der Waals surface area contributed by atoms with Gasteiger partial charge >= 0.3 is 0 Å². The molecule has 0 spiro atoms. The van der Waals surface area contributed by atoms with Crippen molar-refractivity contribution < 1.29 is 4.79 Å². The number of tetrazole rings is 1. The predicted molar refractivity (Wildman–Crippen MR) is 114 cm³/mol. The second-order valence-electron chi connectivity index (χ2n) is 7.20. The topological polar surface area (TPSA) is 88.0 Å². The summed E-state index contributed by atoms with van der Waals surface area (Å²) in [5, 5.41) is 17.6. The number of piperidine rings is 1. The predicted octanol–water partition coefficient (Wildman–Crippen LogP) is 2.92. The van der Waals surface area contributed by atoms with Gasteiger partial charge in [0.15, 0.2) is 5.82 Å². The molecule has 1 fully saturated rings. The molecule has 1 saturated heterocycles. The van der Waals surface area contributed by atoms with Crippen molar-refractivity contribution in [2.45, 2.75) is 19.3 Å². The van der Waals surface area contributed by atoms with Gasteiger partial charge in [0.2, 0.25) is 5.91 Å². The summed E-state index contributed by atoms with van der Waals surface area (Å²) in [6.45, 7) is 2.40. The molecule has 4 rings (SSSR count). The van der Waals surface area contributed by atoms with E-state index in [4.69, 9.17) is 0 Å². The largest absolute Gasteiger partial charge is 0.376 e. The van der Waals surface area contributed by atoms with E-state index in [2.05, 4.69) is 43.2 Å². The third-order valence-corrected chi connectivity index (χ3v) is 5.07. The van der Waals surface area contributed by atoms with Gasteiger partial charge in [0.25, 0.3) is 0 Å². The first-order valence-corrected chi connectivity index (χ1v) is 9.90. The summed E-state index contributed by atoms with van der Waals surface area (Å²) in [7, 11) is 1.79. The number of amides is 1. The van der Waals surface area contributed by atoms with Crippen LogP contribution >= 0.6 is 0 Å². The lowest BCUT2D eigenvalue weighted by molar-refractivity contribution is -0.114. The van der Waals surface area contributed by atoms with Crippen LogP contribution in [0.4, 0.5) is 17.1 Å². The Kier molecular flexibility index (Phi) is 5.69. The van der Waals surface area contributed by atoms with Crippen molar-refractivity contribution in [3.63, 3.8) is 0 Å². The lowest BCUT2D eigenvalue weighted by Gasteiger charge is -2.28. The van der Waals surface area contributed by atoms with E-state index in [1.165, 1.54) is 24.9 Å². The minimum Gasteiger partial charge on any atom is -0.376 e. The van der Waals surface area contributed by atoms with Crippen LogP contribution in [0.25, 0.3) is 11.4 Å². The molecule has 2 heterocycles. The highest BCUT2D eigenvalue weighted by Gasteiger charge is 2.11. The van der Waals surface area contributed by atoms with E-state index >= 15 is 0 Å². The quantitative estimate of drug-likeness (QED) is 0.672. The Hall–Kier alpha value is -3.42. The second-order valence-corrected chi connectivity index (χ2v) is 7.20. The summed E-state index contributed by atoms with van der Waals surface area (Å²) in [5.41, 5.74) is 3.74. The van der Waals surface area contributed by atoms with Gasteiger partial charge in [0, 0.05) is 42.8 Å². The zero-order valence-electron chi connectivity index (χ0n) is 16.5. The fourth-order valence-corrected chi connectivity index (χ4v) is 3.54. The number of aryl methyl sites for hydroxylation is 1. The fraction of sp³-hybridized carbons (Fsp3) is 0.333. The normalized spacial score (nSPS) is 13.9. The molecule has 29 heavy (non-hydrogen) atoms. The average Bonchev–Trinajstić information content (AvgIpc) is 3.20. The van der Waals surface area contributed by atoms with Crippen molar-refractivity contribution in [3.05, 3.63) is 48.5 Å². The molecule has 0 bridgehead atoms. The molecule has 1 aliphatic rings. The van der Waals surface area contributed by atoms with Gasteiger partial charge < -0.3 is 15.5 Å². The molecule has 2 aromatic carbocycles. The minimum absolute atomic E-state index is 0.0959. The van der Waals surface area contributed by atoms with Crippen LogP contribution in [0, 0.1) is 0 Å². The van der Waals surface area contributed by atoms with Gasteiger partial charge in [-0.3, -0.25) is 4.79 Å². The van der Waals surface area contributed by atoms with Gasteiger partial charge in [-0.2, -0.15) is 0 Å². The van der Waals surface area contributed by atoms with E-state index in [1.54, 1.807) is 11.7 Å². The molecule has 1 amide bonds. The number of carbonyl (C=O) groups is 1. The molecule has 0 radical (unpaired) electrons. The highest BCUT2D eigenvalue weighted by atomic mass is 16.1. The number of hydrogen-bond acceptors (Lipinski definition) is 6. The maximum absolute atomic E-state index is 12.3. The first kappa shape index (κ1) is 18.9. The highest BCUT2D eigenvalue weighted by Crippen LogP contribution is 2.22. The fourth-order valence-electron chi connectivity index (χ4n) is 3.54. The van der Waals surface area contributed by atoms with E-state index in [0.717, 1.165) is 30.0 Å². The molecular weight excluding hydrogens is 366 g/mol. The van der Waals surface area contributed by atoms with Crippen LogP contribution in [-0.2, 0) is 11.8 Å². The van der Waals surface area contributed by atoms with Gasteiger partial charge in [0.05, 0.1) is 6.54 Å². The number of anilines is 3. The number of carbonyl (C=O) groups excluding carboxylic acids is 1. The summed E-state index contributed by atoms with van der Waals surface area (Å²) in [4.78, 5) is 14.7. The molecule has 8 heteroatoms. The van der Waals surface area contributed by atoms with Crippen molar-refractivity contribution in [1.29, 1.82) is 0 Å². The Morgan fingerprint density at radius 3 is 2.55 bits per heavy atom. The van der Waals surface area contributed by atoms with Gasteiger partial charge in [-0.1, -0.05) is 12.1 Å². The lowest BCUT2D eigenvalue weighted by Crippen LogP contribution is -2.29. The number of aromatic nitrogens is 4. The number of rotatable bonds is 6. The Morgan fingerprint density at radius 2 is 1.83 bits per heavy atom. The third-order valence-electron chi connectivity index (χ3n) is 5.07. The number of benzene rings is 2. The van der Waals surface area contributed by atoms with Gasteiger partial charge in [-0.05, 0) is 66.1 Å². The standard InChI is InChI=1S/C21H25N7O/c1-27-21(24-25-26-27)16-6-5-7-18(14-16)22-15-20(29)23-17-8-10-19(11-9-17)28-12-3-2-4-13-28/h5-11,14,22H,2-4,12-13,15H2,1H3,(H,23,29). The third kappa shape index (κ3) is 4.71. The van der Waals surface area contributed by atoms with Gasteiger partial charge in [-0.15, -0.1) is 5.10 Å². The molecule has 0 saturated carbocycles. The Bertz CT molecular complexity index is 961. The summed E-state index contributed by atoms with van der Waals surface area (Å²) in [6.07, 6.45) is 3.81. The van der Waals surface area contributed by atoms with Crippen molar-refractivity contribution in [2.75, 3.05) is 35.2 Å². The smallest absolute Gasteiger partial charge is 0.243 e. The van der Waals surface area contributed by atoms with E-state index in [9.17, 15) is 4.79 Å². The zero-order chi connectivity index (χ0) is 20.1. The zero-order valence-corrected chi connectivity index (χ0v) is 16.5. The molecule has 150 valence electrons. The molecule has 1 aromatic heterocycles. The van der Waals surface area contributed by atoms with Crippen LogP contribution in [-0.4, -0.2) is 45.7 Å². The van der Waals surface area contributed by atoms with Crippen molar-refractivity contribution >= 4 is 23.0 Å². The molecule has 2 N–H and O–H groups in total. The number of nitrogens with zero attached hydrogens (tertiary/aromatic N) is 5. The number of hydrogen-bond donors (Lipinski definition) is 2. The van der Waals surface area contributed by atoms with E-state index in [-0.39, 0.29) is 12.5 Å². The molecular formula is C21H25N7O. The van der Waals surface area contributed by atoms with E-state index in [0.29, 0.717) is 5.82 Å². The van der Waals surface area contributed by atoms with Crippen LogP contribution in [0.2, 0.25) is 0 Å². The van der Waals surface area contributed by atoms with Crippen LogP contribution in [0.1, 0.15) is 19.3 Å². The van der Waals surface area contributed by atoms with Crippen molar-refractivity contribution in [1.82, 2.24) is 20.2 Å². The van der Waals surface area contributed by atoms with Crippen LogP contribution in [0.15, 0.2) is 48.5 Å². The Morgan fingerprint density at radius 1 is 1.03 bits per heavy atom.